The predicted octanol–water partition coefficient (Wildman–Crippen LogP) is 5.65. The minimum absolute atomic E-state index is 0.104. The fourth-order valence-corrected chi connectivity index (χ4v) is 3.38. The number of hydrogen-bond acceptors (Lipinski definition) is 4. The quantitative estimate of drug-likeness (QED) is 0.394. The molecule has 0 N–H and O–H groups in total. The van der Waals surface area contributed by atoms with Gasteiger partial charge in [-0.1, -0.05) is 48.3 Å². The first kappa shape index (κ1) is 19.5. The maximum atomic E-state index is 12.7. The van der Waals surface area contributed by atoms with Crippen molar-refractivity contribution in [3.63, 3.8) is 0 Å². The van der Waals surface area contributed by atoms with Gasteiger partial charge in [-0.15, -0.1) is 0 Å². The Balaban J connectivity index is 1.70. The molecule has 1 aromatic heterocycles. The van der Waals surface area contributed by atoms with Gasteiger partial charge in [0.1, 0.15) is 19.0 Å². The van der Waals surface area contributed by atoms with Crippen LogP contribution in [-0.4, -0.2) is 24.2 Å². The molecule has 0 amide bonds. The number of nitrogens with zero attached hydrogens (tertiary/aromatic N) is 1. The molecule has 0 aliphatic heterocycles. The molecule has 0 spiro atoms. The highest BCUT2D eigenvalue weighted by Gasteiger charge is 2.19. The molecule has 0 saturated carbocycles. The van der Waals surface area contributed by atoms with Crippen LogP contribution >= 0.6 is 23.2 Å². The predicted molar refractivity (Wildman–Crippen MR) is 108 cm³/mol. The average molecular weight is 404 g/mol. The number of aryl methyl sites for hydroxylation is 2. The Bertz CT molecular complexity index is 989. The number of halogens is 2. The lowest BCUT2D eigenvalue weighted by Gasteiger charge is -2.14. The molecule has 0 fully saturated rings. The van der Waals surface area contributed by atoms with Gasteiger partial charge >= 0.3 is 5.97 Å². The third kappa shape index (κ3) is 4.34. The number of aromatic nitrogens is 1. The van der Waals surface area contributed by atoms with E-state index in [4.69, 9.17) is 32.7 Å². The normalized spacial score (nSPS) is 10.8. The molecule has 6 heteroatoms. The van der Waals surface area contributed by atoms with Crippen LogP contribution in [0.2, 0.25) is 10.0 Å². The maximum absolute atomic E-state index is 12.7. The smallest absolute Gasteiger partial charge is 0.340 e. The second-order valence-corrected chi connectivity index (χ2v) is 6.83. The summed E-state index contributed by atoms with van der Waals surface area (Å²) in [5.41, 5.74) is 3.02. The second-order valence-electron chi connectivity index (χ2n) is 5.99. The topological polar surface area (TPSA) is 48.4 Å². The van der Waals surface area contributed by atoms with Crippen molar-refractivity contribution >= 4 is 40.1 Å². The number of para-hydroxylation sites is 1. The molecular weight excluding hydrogens is 385 g/mol. The Kier molecular flexibility index (Phi) is 6.19. The van der Waals surface area contributed by atoms with Crippen molar-refractivity contribution in [1.29, 1.82) is 0 Å². The third-order valence-corrected chi connectivity index (χ3v) is 4.76. The monoisotopic (exact) mass is 403 g/mol. The SMILES string of the molecule is CCc1nc2ccccc2c(C)c1C(=O)OCCOc1ccc(Cl)cc1Cl. The van der Waals surface area contributed by atoms with Gasteiger partial charge < -0.3 is 9.47 Å². The molecule has 4 nitrogen and oxygen atoms in total. The fraction of sp³-hybridized carbons (Fsp3) is 0.238. The summed E-state index contributed by atoms with van der Waals surface area (Å²) < 4.78 is 11.0. The molecule has 0 radical (unpaired) electrons. The maximum Gasteiger partial charge on any atom is 0.340 e. The first-order valence-corrected chi connectivity index (χ1v) is 9.40. The van der Waals surface area contributed by atoms with Crippen LogP contribution in [-0.2, 0) is 11.2 Å². The van der Waals surface area contributed by atoms with E-state index in [0.29, 0.717) is 27.8 Å². The van der Waals surface area contributed by atoms with Gasteiger partial charge in [-0.25, -0.2) is 4.79 Å². The lowest BCUT2D eigenvalue weighted by Crippen LogP contribution is -2.16. The van der Waals surface area contributed by atoms with E-state index in [1.165, 1.54) is 0 Å². The number of benzene rings is 2. The minimum Gasteiger partial charge on any atom is -0.488 e. The minimum atomic E-state index is -0.395. The third-order valence-electron chi connectivity index (χ3n) is 4.23. The number of rotatable bonds is 6. The van der Waals surface area contributed by atoms with Crippen LogP contribution in [0.5, 0.6) is 5.75 Å². The molecule has 0 bridgehead atoms. The highest BCUT2D eigenvalue weighted by Crippen LogP contribution is 2.27. The summed E-state index contributed by atoms with van der Waals surface area (Å²) in [7, 11) is 0. The number of pyridine rings is 1. The van der Waals surface area contributed by atoms with Crippen LogP contribution in [0.15, 0.2) is 42.5 Å². The molecule has 3 aromatic rings. The number of hydrogen-bond donors (Lipinski definition) is 0. The number of ether oxygens (including phenoxy) is 2. The summed E-state index contributed by atoms with van der Waals surface area (Å²) in [5.74, 6) is 0.100. The van der Waals surface area contributed by atoms with Gasteiger partial charge in [-0.3, -0.25) is 4.98 Å². The molecule has 0 atom stereocenters. The van der Waals surface area contributed by atoms with E-state index in [2.05, 4.69) is 4.98 Å². The van der Waals surface area contributed by atoms with Gasteiger partial charge in [0.25, 0.3) is 0 Å². The van der Waals surface area contributed by atoms with E-state index in [-0.39, 0.29) is 13.2 Å². The van der Waals surface area contributed by atoms with Crippen molar-refractivity contribution < 1.29 is 14.3 Å². The molecule has 0 aliphatic carbocycles. The summed E-state index contributed by atoms with van der Waals surface area (Å²) >= 11 is 11.9. The van der Waals surface area contributed by atoms with Crippen LogP contribution in [0.4, 0.5) is 0 Å². The highest BCUT2D eigenvalue weighted by molar-refractivity contribution is 6.35. The molecule has 2 aromatic carbocycles. The molecule has 0 unspecified atom stereocenters. The van der Waals surface area contributed by atoms with Gasteiger partial charge in [0, 0.05) is 10.4 Å². The lowest BCUT2D eigenvalue weighted by molar-refractivity contribution is 0.0448. The van der Waals surface area contributed by atoms with Crippen molar-refractivity contribution in [2.24, 2.45) is 0 Å². The van der Waals surface area contributed by atoms with Crippen molar-refractivity contribution in [3.05, 3.63) is 69.3 Å². The zero-order valence-corrected chi connectivity index (χ0v) is 16.6. The van der Waals surface area contributed by atoms with Gasteiger partial charge in [0.2, 0.25) is 0 Å². The van der Waals surface area contributed by atoms with E-state index >= 15 is 0 Å². The van der Waals surface area contributed by atoms with Crippen LogP contribution in [0.3, 0.4) is 0 Å². The Labute approximate surface area is 168 Å². The van der Waals surface area contributed by atoms with Crippen molar-refractivity contribution in [2.45, 2.75) is 20.3 Å². The Morgan fingerprint density at radius 1 is 1.11 bits per heavy atom. The van der Waals surface area contributed by atoms with Gasteiger partial charge in [-0.05, 0) is 43.2 Å². The summed E-state index contributed by atoms with van der Waals surface area (Å²) in [4.78, 5) is 17.3. The van der Waals surface area contributed by atoms with Crippen LogP contribution in [0, 0.1) is 6.92 Å². The van der Waals surface area contributed by atoms with Crippen LogP contribution < -0.4 is 4.74 Å². The zero-order valence-electron chi connectivity index (χ0n) is 15.1. The molecular formula is C21H19Cl2NO3. The Hall–Kier alpha value is -2.30. The van der Waals surface area contributed by atoms with Gasteiger partial charge in [0.05, 0.1) is 21.8 Å². The summed E-state index contributed by atoms with van der Waals surface area (Å²) in [6, 6.07) is 12.7. The molecule has 1 heterocycles. The number of carbonyl (C=O) groups is 1. The van der Waals surface area contributed by atoms with Crippen molar-refractivity contribution in [3.8, 4) is 5.75 Å². The van der Waals surface area contributed by atoms with Crippen molar-refractivity contribution in [1.82, 2.24) is 4.98 Å². The Morgan fingerprint density at radius 3 is 2.63 bits per heavy atom. The first-order chi connectivity index (χ1) is 13.0. The lowest BCUT2D eigenvalue weighted by atomic mass is 10.0. The van der Waals surface area contributed by atoms with Crippen molar-refractivity contribution in [2.75, 3.05) is 13.2 Å². The molecule has 0 saturated heterocycles. The zero-order chi connectivity index (χ0) is 19.4. The highest BCUT2D eigenvalue weighted by atomic mass is 35.5. The molecule has 0 aliphatic rings. The summed E-state index contributed by atoms with van der Waals surface area (Å²) in [6.45, 7) is 4.19. The van der Waals surface area contributed by atoms with E-state index in [1.807, 2.05) is 38.1 Å². The van der Waals surface area contributed by atoms with Crippen LogP contribution in [0.25, 0.3) is 10.9 Å². The molecule has 27 heavy (non-hydrogen) atoms. The van der Waals surface area contributed by atoms with E-state index < -0.39 is 5.97 Å². The van der Waals surface area contributed by atoms with Crippen LogP contribution in [0.1, 0.15) is 28.5 Å². The second kappa shape index (κ2) is 8.59. The van der Waals surface area contributed by atoms with E-state index in [9.17, 15) is 4.79 Å². The van der Waals surface area contributed by atoms with E-state index in [0.717, 1.165) is 22.2 Å². The first-order valence-electron chi connectivity index (χ1n) is 8.64. The standard InChI is InChI=1S/C21H19Cl2NO3/c1-3-17-20(13(2)15-6-4-5-7-18(15)24-17)21(25)27-11-10-26-19-9-8-14(22)12-16(19)23/h4-9,12H,3,10-11H2,1-2H3. The average Bonchev–Trinajstić information content (AvgIpc) is 2.66. The van der Waals surface area contributed by atoms with Gasteiger partial charge in [-0.2, -0.15) is 0 Å². The number of esters is 1. The summed E-state index contributed by atoms with van der Waals surface area (Å²) in [5, 5.41) is 1.90. The van der Waals surface area contributed by atoms with E-state index in [1.54, 1.807) is 18.2 Å². The number of carbonyl (C=O) groups excluding carboxylic acids is 1. The largest absolute Gasteiger partial charge is 0.488 e. The summed E-state index contributed by atoms with van der Waals surface area (Å²) in [6.07, 6.45) is 0.646. The Morgan fingerprint density at radius 2 is 1.89 bits per heavy atom. The molecule has 140 valence electrons. The van der Waals surface area contributed by atoms with Gasteiger partial charge in [0.15, 0.2) is 0 Å². The number of fused-ring (bicyclic) bond motifs is 1. The molecule has 3 rings (SSSR count). The fourth-order valence-electron chi connectivity index (χ4n) is 2.92.